The highest BCUT2D eigenvalue weighted by atomic mass is 16.5. The van der Waals surface area contributed by atoms with E-state index in [2.05, 4.69) is 0 Å². The molecule has 100 valence electrons. The first-order valence-corrected chi connectivity index (χ1v) is 5.38. The summed E-state index contributed by atoms with van der Waals surface area (Å²) in [7, 11) is 4.61. The number of methoxy groups -OCH3 is 2. The summed E-state index contributed by atoms with van der Waals surface area (Å²) in [6, 6.07) is 5.43. The molecule has 0 bridgehead atoms. The number of nitrogens with zero attached hydrogens (tertiary/aromatic N) is 1. The maximum atomic E-state index is 11.2. The molecule has 1 aromatic rings. The molecule has 1 rings (SSSR count). The molecule has 0 saturated carbocycles. The van der Waals surface area contributed by atoms with E-state index in [1.54, 1.807) is 26.4 Å². The van der Waals surface area contributed by atoms with E-state index in [0.717, 1.165) is 10.6 Å². The number of rotatable bonds is 6. The van der Waals surface area contributed by atoms with E-state index in [1.807, 2.05) is 6.07 Å². The van der Waals surface area contributed by atoms with Gasteiger partial charge in [0.05, 0.1) is 20.8 Å². The molecule has 0 atom stereocenters. The number of amides is 1. The molecule has 0 unspecified atom stereocenters. The van der Waals surface area contributed by atoms with E-state index in [-0.39, 0.29) is 12.5 Å². The van der Waals surface area contributed by atoms with Gasteiger partial charge in [0.1, 0.15) is 6.61 Å². The van der Waals surface area contributed by atoms with Gasteiger partial charge in [0.2, 0.25) is 0 Å². The second-order valence-corrected chi connectivity index (χ2v) is 3.69. The Labute approximate surface area is 106 Å². The number of nitrogens with two attached hydrogens (primary N) is 1. The van der Waals surface area contributed by atoms with Crippen molar-refractivity contribution < 1.29 is 19.0 Å². The first-order valence-electron chi connectivity index (χ1n) is 5.38. The fourth-order valence-corrected chi connectivity index (χ4v) is 1.33. The van der Waals surface area contributed by atoms with Crippen LogP contribution in [0.1, 0.15) is 5.56 Å². The van der Waals surface area contributed by atoms with Crippen LogP contribution in [0.3, 0.4) is 0 Å². The summed E-state index contributed by atoms with van der Waals surface area (Å²) in [6.45, 7) is 0.251. The molecule has 0 spiro atoms. The number of carbonyl (C=O) groups is 1. The Bertz CT molecular complexity index is 407. The number of likely N-dealkylation sites (N-methyl/N-ethyl adjacent to an activating group) is 1. The second kappa shape index (κ2) is 6.83. The normalized spacial score (nSPS) is 10.0. The summed E-state index contributed by atoms with van der Waals surface area (Å²) in [5.41, 5.74) is 0.889. The van der Waals surface area contributed by atoms with Gasteiger partial charge in [0, 0.05) is 7.05 Å². The summed E-state index contributed by atoms with van der Waals surface area (Å²) in [5.74, 6) is 6.26. The van der Waals surface area contributed by atoms with Crippen LogP contribution in [0.4, 0.5) is 0 Å². The van der Waals surface area contributed by atoms with Crippen molar-refractivity contribution in [2.45, 2.75) is 6.61 Å². The molecule has 1 aromatic carbocycles. The number of carbonyl (C=O) groups excluding carboxylic acids is 1. The Balaban J connectivity index is 2.55. The van der Waals surface area contributed by atoms with Crippen molar-refractivity contribution >= 4 is 5.91 Å². The highest BCUT2D eigenvalue weighted by molar-refractivity contribution is 5.76. The lowest BCUT2D eigenvalue weighted by Gasteiger charge is -2.11. The molecule has 6 nitrogen and oxygen atoms in total. The topological polar surface area (TPSA) is 74.0 Å². The first kappa shape index (κ1) is 14.3. The Morgan fingerprint density at radius 2 is 1.94 bits per heavy atom. The van der Waals surface area contributed by atoms with Crippen LogP contribution in [0.25, 0.3) is 0 Å². The van der Waals surface area contributed by atoms with Gasteiger partial charge >= 0.3 is 0 Å². The van der Waals surface area contributed by atoms with Crippen LogP contribution in [0.2, 0.25) is 0 Å². The molecule has 2 N–H and O–H groups in total. The van der Waals surface area contributed by atoms with E-state index >= 15 is 0 Å². The number of ether oxygens (including phenoxy) is 3. The molecular formula is C12H18N2O4. The molecule has 6 heteroatoms. The van der Waals surface area contributed by atoms with Crippen LogP contribution in [0.15, 0.2) is 18.2 Å². The van der Waals surface area contributed by atoms with Crippen molar-refractivity contribution in [3.63, 3.8) is 0 Å². The third-order valence-electron chi connectivity index (χ3n) is 2.34. The van der Waals surface area contributed by atoms with Gasteiger partial charge in [0.15, 0.2) is 11.5 Å². The summed E-state index contributed by atoms with van der Waals surface area (Å²) < 4.78 is 15.5. The summed E-state index contributed by atoms with van der Waals surface area (Å²) >= 11 is 0. The van der Waals surface area contributed by atoms with E-state index in [0.29, 0.717) is 18.1 Å². The molecule has 0 aliphatic rings. The number of benzene rings is 1. The third kappa shape index (κ3) is 3.90. The van der Waals surface area contributed by atoms with E-state index < -0.39 is 0 Å². The zero-order chi connectivity index (χ0) is 13.5. The maximum Gasteiger partial charge on any atom is 0.262 e. The molecule has 0 heterocycles. The van der Waals surface area contributed by atoms with Crippen LogP contribution in [0.5, 0.6) is 11.5 Å². The van der Waals surface area contributed by atoms with Gasteiger partial charge in [-0.3, -0.25) is 9.80 Å². The van der Waals surface area contributed by atoms with Gasteiger partial charge in [-0.05, 0) is 17.7 Å². The molecule has 0 radical (unpaired) electrons. The van der Waals surface area contributed by atoms with Crippen molar-refractivity contribution in [1.29, 1.82) is 0 Å². The minimum absolute atomic E-state index is 0.0542. The summed E-state index contributed by atoms with van der Waals surface area (Å²) in [4.78, 5) is 11.2. The average molecular weight is 254 g/mol. The van der Waals surface area contributed by atoms with Gasteiger partial charge in [-0.2, -0.15) is 0 Å². The van der Waals surface area contributed by atoms with Gasteiger partial charge < -0.3 is 14.2 Å². The maximum absolute atomic E-state index is 11.2. The van der Waals surface area contributed by atoms with Gasteiger partial charge in [-0.1, -0.05) is 6.07 Å². The van der Waals surface area contributed by atoms with Gasteiger partial charge in [-0.15, -0.1) is 0 Å². The Kier molecular flexibility index (Phi) is 5.41. The third-order valence-corrected chi connectivity index (χ3v) is 2.34. The highest BCUT2D eigenvalue weighted by Gasteiger charge is 2.07. The van der Waals surface area contributed by atoms with E-state index in [1.165, 1.54) is 7.05 Å². The van der Waals surface area contributed by atoms with Crippen molar-refractivity contribution in [2.75, 3.05) is 27.9 Å². The zero-order valence-electron chi connectivity index (χ0n) is 10.8. The Morgan fingerprint density at radius 1 is 1.28 bits per heavy atom. The van der Waals surface area contributed by atoms with Crippen molar-refractivity contribution in [2.24, 2.45) is 5.84 Å². The number of hydrazine groups is 1. The zero-order valence-corrected chi connectivity index (χ0v) is 10.8. The number of hydrogen-bond donors (Lipinski definition) is 1. The van der Waals surface area contributed by atoms with Gasteiger partial charge in [0.25, 0.3) is 5.91 Å². The van der Waals surface area contributed by atoms with Crippen molar-refractivity contribution in [3.05, 3.63) is 23.8 Å². The molecule has 1 amide bonds. The Morgan fingerprint density at radius 3 is 2.50 bits per heavy atom. The summed E-state index contributed by atoms with van der Waals surface area (Å²) in [5, 5.41) is 0.995. The molecule has 0 aromatic heterocycles. The lowest BCUT2D eigenvalue weighted by molar-refractivity contribution is -0.135. The molecule has 0 aliphatic carbocycles. The van der Waals surface area contributed by atoms with Crippen molar-refractivity contribution in [1.82, 2.24) is 5.01 Å². The van der Waals surface area contributed by atoms with Crippen LogP contribution in [0, 0.1) is 0 Å². The molecule has 0 aliphatic heterocycles. The van der Waals surface area contributed by atoms with Crippen LogP contribution in [-0.2, 0) is 16.1 Å². The molecule has 0 saturated heterocycles. The summed E-state index contributed by atoms with van der Waals surface area (Å²) in [6.07, 6.45) is 0. The molecular weight excluding hydrogens is 236 g/mol. The SMILES string of the molecule is COc1ccc(COCC(=O)N(C)N)cc1OC. The van der Waals surface area contributed by atoms with E-state index in [9.17, 15) is 4.79 Å². The Hall–Kier alpha value is -1.79. The average Bonchev–Trinajstić information content (AvgIpc) is 2.38. The van der Waals surface area contributed by atoms with Crippen LogP contribution < -0.4 is 15.3 Å². The van der Waals surface area contributed by atoms with E-state index in [4.69, 9.17) is 20.1 Å². The highest BCUT2D eigenvalue weighted by Crippen LogP contribution is 2.27. The number of hydrogen-bond acceptors (Lipinski definition) is 5. The lowest BCUT2D eigenvalue weighted by Crippen LogP contribution is -2.35. The monoisotopic (exact) mass is 254 g/mol. The first-order chi connectivity index (χ1) is 8.58. The fourth-order valence-electron chi connectivity index (χ4n) is 1.33. The van der Waals surface area contributed by atoms with Crippen LogP contribution in [-0.4, -0.2) is 38.8 Å². The smallest absolute Gasteiger partial charge is 0.262 e. The second-order valence-electron chi connectivity index (χ2n) is 3.69. The fraction of sp³-hybridized carbons (Fsp3) is 0.417. The predicted octanol–water partition coefficient (Wildman–Crippen LogP) is 0.553. The minimum atomic E-state index is -0.282. The standard InChI is InChI=1S/C12H18N2O4/c1-14(13)12(15)8-18-7-9-4-5-10(16-2)11(6-9)17-3/h4-6H,7-8,13H2,1-3H3. The van der Waals surface area contributed by atoms with Gasteiger partial charge in [-0.25, -0.2) is 5.84 Å². The largest absolute Gasteiger partial charge is 0.493 e. The quantitative estimate of drug-likeness (QED) is 0.456. The molecule has 18 heavy (non-hydrogen) atoms. The van der Waals surface area contributed by atoms with Crippen molar-refractivity contribution in [3.8, 4) is 11.5 Å². The lowest BCUT2D eigenvalue weighted by atomic mass is 10.2. The van der Waals surface area contributed by atoms with Crippen LogP contribution >= 0.6 is 0 Å². The predicted molar refractivity (Wildman–Crippen MR) is 66.2 cm³/mol. The minimum Gasteiger partial charge on any atom is -0.493 e. The molecule has 0 fully saturated rings.